The predicted octanol–water partition coefficient (Wildman–Crippen LogP) is 3.27. The number of aromatic nitrogens is 1. The molecule has 0 aliphatic carbocycles. The third-order valence-electron chi connectivity index (χ3n) is 2.75. The fourth-order valence-electron chi connectivity index (χ4n) is 1.79. The molecule has 1 heterocycles. The minimum Gasteiger partial charge on any atom is -0.494 e. The van der Waals surface area contributed by atoms with E-state index in [1.165, 1.54) is 19.2 Å². The van der Waals surface area contributed by atoms with Crippen LogP contribution >= 0.6 is 15.9 Å². The van der Waals surface area contributed by atoms with E-state index in [9.17, 15) is 9.50 Å². The fourth-order valence-corrected chi connectivity index (χ4v) is 2.20. The van der Waals surface area contributed by atoms with Crippen molar-refractivity contribution in [3.05, 3.63) is 58.1 Å². The van der Waals surface area contributed by atoms with Crippen LogP contribution in [0.15, 0.2) is 41.1 Å². The average Bonchev–Trinajstić information content (AvgIpc) is 2.39. The van der Waals surface area contributed by atoms with Crippen LogP contribution in [-0.2, 0) is 6.42 Å². The van der Waals surface area contributed by atoms with Crippen molar-refractivity contribution in [2.75, 3.05) is 7.11 Å². The number of ether oxygens (including phenoxy) is 1. The number of halogens is 2. The molecule has 1 N–H and O–H groups in total. The van der Waals surface area contributed by atoms with Gasteiger partial charge in [0.05, 0.1) is 13.2 Å². The molecule has 1 atom stereocenters. The van der Waals surface area contributed by atoms with Gasteiger partial charge in [0.25, 0.3) is 0 Å². The molecule has 0 saturated carbocycles. The molecule has 5 heteroatoms. The zero-order valence-corrected chi connectivity index (χ0v) is 11.9. The molecule has 2 rings (SSSR count). The van der Waals surface area contributed by atoms with Crippen LogP contribution in [0.5, 0.6) is 5.75 Å². The van der Waals surface area contributed by atoms with Crippen molar-refractivity contribution in [3.63, 3.8) is 0 Å². The van der Waals surface area contributed by atoms with E-state index in [0.29, 0.717) is 12.0 Å². The molecule has 3 nitrogen and oxygen atoms in total. The van der Waals surface area contributed by atoms with Gasteiger partial charge in [0, 0.05) is 23.3 Å². The van der Waals surface area contributed by atoms with E-state index >= 15 is 0 Å². The van der Waals surface area contributed by atoms with Crippen LogP contribution in [0.4, 0.5) is 4.39 Å². The molecule has 1 unspecified atom stereocenters. The lowest BCUT2D eigenvalue weighted by atomic mass is 10.0. The Morgan fingerprint density at radius 2 is 2.16 bits per heavy atom. The van der Waals surface area contributed by atoms with Gasteiger partial charge in [-0.1, -0.05) is 6.07 Å². The molecular formula is C14H13BrFNO2. The first kappa shape index (κ1) is 14.0. The third-order valence-corrected chi connectivity index (χ3v) is 3.18. The lowest BCUT2D eigenvalue weighted by Crippen LogP contribution is -2.03. The Balaban J connectivity index is 2.18. The Morgan fingerprint density at radius 1 is 1.37 bits per heavy atom. The van der Waals surface area contributed by atoms with E-state index in [2.05, 4.69) is 20.9 Å². The molecule has 0 radical (unpaired) electrons. The second-order valence-corrected chi connectivity index (χ2v) is 5.04. The summed E-state index contributed by atoms with van der Waals surface area (Å²) in [4.78, 5) is 4.04. The number of pyridine rings is 1. The molecule has 100 valence electrons. The topological polar surface area (TPSA) is 42.4 Å². The molecule has 0 amide bonds. The molecule has 0 aliphatic heterocycles. The van der Waals surface area contributed by atoms with Crippen LogP contribution in [0.2, 0.25) is 0 Å². The highest BCUT2D eigenvalue weighted by molar-refractivity contribution is 9.10. The van der Waals surface area contributed by atoms with Crippen molar-refractivity contribution in [1.82, 2.24) is 4.98 Å². The van der Waals surface area contributed by atoms with Gasteiger partial charge in [0.15, 0.2) is 11.6 Å². The molecule has 1 aromatic heterocycles. The predicted molar refractivity (Wildman–Crippen MR) is 73.6 cm³/mol. The Kier molecular flexibility index (Phi) is 4.50. The van der Waals surface area contributed by atoms with Crippen molar-refractivity contribution in [1.29, 1.82) is 0 Å². The summed E-state index contributed by atoms with van der Waals surface area (Å²) < 4.78 is 19.0. The summed E-state index contributed by atoms with van der Waals surface area (Å²) in [5.74, 6) is -0.313. The first-order valence-corrected chi connectivity index (χ1v) is 6.50. The number of hydrogen-bond donors (Lipinski definition) is 1. The summed E-state index contributed by atoms with van der Waals surface area (Å²) in [6.45, 7) is 0. The normalized spacial score (nSPS) is 12.2. The highest BCUT2D eigenvalue weighted by Crippen LogP contribution is 2.25. The zero-order valence-electron chi connectivity index (χ0n) is 10.3. The molecule has 0 spiro atoms. The number of aliphatic hydroxyl groups excluding tert-OH is 1. The van der Waals surface area contributed by atoms with E-state index in [1.807, 2.05) is 6.07 Å². The monoisotopic (exact) mass is 325 g/mol. The van der Waals surface area contributed by atoms with Gasteiger partial charge in [-0.05, 0) is 45.3 Å². The van der Waals surface area contributed by atoms with Gasteiger partial charge in [-0.25, -0.2) is 4.39 Å². The van der Waals surface area contributed by atoms with E-state index in [0.717, 1.165) is 10.0 Å². The van der Waals surface area contributed by atoms with Crippen molar-refractivity contribution >= 4 is 15.9 Å². The summed E-state index contributed by atoms with van der Waals surface area (Å²) in [6.07, 6.45) is 3.04. The number of methoxy groups -OCH3 is 1. The average molecular weight is 326 g/mol. The van der Waals surface area contributed by atoms with Gasteiger partial charge in [-0.15, -0.1) is 0 Å². The van der Waals surface area contributed by atoms with Crippen LogP contribution in [0.3, 0.4) is 0 Å². The van der Waals surface area contributed by atoms with Gasteiger partial charge >= 0.3 is 0 Å². The van der Waals surface area contributed by atoms with Gasteiger partial charge in [-0.3, -0.25) is 4.98 Å². The van der Waals surface area contributed by atoms with Crippen molar-refractivity contribution in [2.24, 2.45) is 0 Å². The maximum absolute atomic E-state index is 13.3. The van der Waals surface area contributed by atoms with Gasteiger partial charge in [-0.2, -0.15) is 0 Å². The first-order valence-electron chi connectivity index (χ1n) is 5.71. The van der Waals surface area contributed by atoms with Crippen LogP contribution in [0.1, 0.15) is 17.2 Å². The summed E-state index contributed by atoms with van der Waals surface area (Å²) in [5.41, 5.74) is 1.50. The number of nitrogens with zero attached hydrogens (tertiary/aromatic N) is 1. The van der Waals surface area contributed by atoms with E-state index < -0.39 is 11.9 Å². The summed E-state index contributed by atoms with van der Waals surface area (Å²) in [7, 11) is 1.40. The molecule has 1 aromatic carbocycles. The third kappa shape index (κ3) is 3.52. The van der Waals surface area contributed by atoms with E-state index in [-0.39, 0.29) is 5.75 Å². The van der Waals surface area contributed by atoms with Crippen molar-refractivity contribution < 1.29 is 14.2 Å². The van der Waals surface area contributed by atoms with Crippen molar-refractivity contribution in [3.8, 4) is 5.75 Å². The Morgan fingerprint density at radius 3 is 2.84 bits per heavy atom. The summed E-state index contributed by atoms with van der Waals surface area (Å²) in [5, 5.41) is 10.2. The molecule has 19 heavy (non-hydrogen) atoms. The molecule has 0 bridgehead atoms. The highest BCUT2D eigenvalue weighted by Gasteiger charge is 2.12. The maximum atomic E-state index is 13.3. The smallest absolute Gasteiger partial charge is 0.165 e. The largest absolute Gasteiger partial charge is 0.494 e. The van der Waals surface area contributed by atoms with E-state index in [1.54, 1.807) is 18.5 Å². The Labute approximate surface area is 119 Å². The second-order valence-electron chi connectivity index (χ2n) is 4.13. The molecule has 0 aliphatic rings. The Hall–Kier alpha value is -1.46. The van der Waals surface area contributed by atoms with Crippen LogP contribution < -0.4 is 4.74 Å². The summed E-state index contributed by atoms with van der Waals surface area (Å²) >= 11 is 3.33. The fraction of sp³-hybridized carbons (Fsp3) is 0.214. The van der Waals surface area contributed by atoms with Crippen LogP contribution in [0, 0.1) is 5.82 Å². The zero-order chi connectivity index (χ0) is 13.8. The quantitative estimate of drug-likeness (QED) is 0.938. The number of aliphatic hydroxyl groups is 1. The lowest BCUT2D eigenvalue weighted by molar-refractivity contribution is 0.177. The summed E-state index contributed by atoms with van der Waals surface area (Å²) in [6, 6.07) is 6.23. The molecule has 0 fully saturated rings. The number of hydrogen-bond acceptors (Lipinski definition) is 3. The molecular weight excluding hydrogens is 313 g/mol. The minimum atomic E-state index is -0.731. The second kappa shape index (κ2) is 6.12. The van der Waals surface area contributed by atoms with Crippen LogP contribution in [0.25, 0.3) is 0 Å². The van der Waals surface area contributed by atoms with E-state index in [4.69, 9.17) is 4.74 Å². The number of benzene rings is 1. The highest BCUT2D eigenvalue weighted by atomic mass is 79.9. The standard InChI is InChI=1S/C14H13BrFNO2/c1-19-14-6-10(2-3-12(14)16)13(18)5-9-4-11(15)8-17-7-9/h2-4,6-8,13,18H,5H2,1H3. The lowest BCUT2D eigenvalue weighted by Gasteiger charge is -2.12. The minimum absolute atomic E-state index is 0.129. The van der Waals surface area contributed by atoms with Gasteiger partial charge in [0.1, 0.15) is 0 Å². The van der Waals surface area contributed by atoms with Gasteiger partial charge < -0.3 is 9.84 Å². The SMILES string of the molecule is COc1cc(C(O)Cc2cncc(Br)c2)ccc1F. The van der Waals surface area contributed by atoms with Crippen molar-refractivity contribution in [2.45, 2.75) is 12.5 Å². The maximum Gasteiger partial charge on any atom is 0.165 e. The Bertz CT molecular complexity index is 577. The molecule has 2 aromatic rings. The van der Waals surface area contributed by atoms with Gasteiger partial charge in [0.2, 0.25) is 0 Å². The first-order chi connectivity index (χ1) is 9.10. The number of rotatable bonds is 4. The van der Waals surface area contributed by atoms with Crippen LogP contribution in [-0.4, -0.2) is 17.2 Å². The molecule has 0 saturated heterocycles.